The molecule has 2 amide bonds. The summed E-state index contributed by atoms with van der Waals surface area (Å²) < 4.78 is 7.05. The number of ether oxygens (including phenoxy) is 1. The van der Waals surface area contributed by atoms with Crippen molar-refractivity contribution in [1.82, 2.24) is 24.9 Å². The number of aromatic nitrogens is 4. The molecule has 10 nitrogen and oxygen atoms in total. The lowest BCUT2D eigenvalue weighted by molar-refractivity contribution is 0.0587. The summed E-state index contributed by atoms with van der Waals surface area (Å²) in [6.07, 6.45) is 8.03. The van der Waals surface area contributed by atoms with Gasteiger partial charge in [-0.3, -0.25) is 14.7 Å². The van der Waals surface area contributed by atoms with Crippen molar-refractivity contribution in [2.24, 2.45) is 5.92 Å². The maximum atomic E-state index is 12.9. The fraction of sp³-hybridized carbons (Fsp3) is 0.480. The van der Waals surface area contributed by atoms with Crippen LogP contribution in [0.2, 0.25) is 0 Å². The fourth-order valence-corrected chi connectivity index (χ4v) is 3.77. The zero-order valence-electron chi connectivity index (χ0n) is 20.5. The molecule has 0 aliphatic heterocycles. The number of rotatable bonds is 7. The molecular formula is C25H31N7O3. The van der Waals surface area contributed by atoms with E-state index in [0.717, 1.165) is 30.6 Å². The molecule has 5 rings (SSSR count). The summed E-state index contributed by atoms with van der Waals surface area (Å²) in [6, 6.07) is 5.76. The fourth-order valence-electron chi connectivity index (χ4n) is 3.77. The van der Waals surface area contributed by atoms with E-state index in [9.17, 15) is 9.59 Å². The highest BCUT2D eigenvalue weighted by Crippen LogP contribution is 2.34. The SMILES string of the molecule is CN(C(=O)OC(C)(C)C)c1cc(Nc2cccnc2CC2CC2)nc2c(C(=O)NC3CC3)cnn12. The molecule has 0 saturated heterocycles. The molecule has 3 heterocycles. The minimum Gasteiger partial charge on any atom is -0.443 e. The third-order valence-electron chi connectivity index (χ3n) is 5.95. The van der Waals surface area contributed by atoms with Crippen molar-refractivity contribution in [2.45, 2.75) is 64.5 Å². The average molecular weight is 478 g/mol. The summed E-state index contributed by atoms with van der Waals surface area (Å²) in [5, 5.41) is 10.7. The van der Waals surface area contributed by atoms with Crippen LogP contribution in [0.1, 0.15) is 62.5 Å². The van der Waals surface area contributed by atoms with Crippen LogP contribution < -0.4 is 15.5 Å². The number of amides is 2. The highest BCUT2D eigenvalue weighted by molar-refractivity contribution is 6.00. The first-order valence-electron chi connectivity index (χ1n) is 12.1. The van der Waals surface area contributed by atoms with Crippen LogP contribution in [-0.4, -0.2) is 50.3 Å². The second-order valence-electron chi connectivity index (χ2n) is 10.4. The number of carbonyl (C=O) groups is 2. The summed E-state index contributed by atoms with van der Waals surface area (Å²) >= 11 is 0. The Morgan fingerprint density at radius 3 is 2.69 bits per heavy atom. The number of hydrogen-bond donors (Lipinski definition) is 2. The van der Waals surface area contributed by atoms with E-state index in [4.69, 9.17) is 9.72 Å². The van der Waals surface area contributed by atoms with Crippen LogP contribution >= 0.6 is 0 Å². The molecule has 2 N–H and O–H groups in total. The van der Waals surface area contributed by atoms with Gasteiger partial charge < -0.3 is 15.4 Å². The minimum atomic E-state index is -0.661. The van der Waals surface area contributed by atoms with Gasteiger partial charge in [-0.2, -0.15) is 9.61 Å². The molecule has 0 radical (unpaired) electrons. The van der Waals surface area contributed by atoms with Crippen LogP contribution in [0.25, 0.3) is 5.65 Å². The largest absolute Gasteiger partial charge is 0.443 e. The van der Waals surface area contributed by atoms with Gasteiger partial charge in [0.1, 0.15) is 22.8 Å². The Labute approximate surface area is 204 Å². The summed E-state index contributed by atoms with van der Waals surface area (Å²) in [5.41, 5.74) is 1.87. The van der Waals surface area contributed by atoms with E-state index >= 15 is 0 Å². The molecule has 3 aromatic rings. The van der Waals surface area contributed by atoms with Gasteiger partial charge in [0.25, 0.3) is 5.91 Å². The van der Waals surface area contributed by atoms with Crippen LogP contribution in [0, 0.1) is 5.92 Å². The van der Waals surface area contributed by atoms with Crippen molar-refractivity contribution in [2.75, 3.05) is 17.3 Å². The number of pyridine rings is 1. The Balaban J connectivity index is 1.54. The zero-order chi connectivity index (χ0) is 24.7. The molecular weight excluding hydrogens is 446 g/mol. The van der Waals surface area contributed by atoms with E-state index in [1.807, 2.05) is 32.9 Å². The number of nitrogens with zero attached hydrogens (tertiary/aromatic N) is 5. The molecule has 35 heavy (non-hydrogen) atoms. The molecule has 2 fully saturated rings. The molecule has 2 aliphatic rings. The van der Waals surface area contributed by atoms with Crippen molar-refractivity contribution in [3.8, 4) is 0 Å². The first-order valence-corrected chi connectivity index (χ1v) is 12.1. The van der Waals surface area contributed by atoms with Crippen LogP contribution in [0.15, 0.2) is 30.6 Å². The predicted molar refractivity (Wildman–Crippen MR) is 132 cm³/mol. The lowest BCUT2D eigenvalue weighted by Gasteiger charge is -2.25. The van der Waals surface area contributed by atoms with Gasteiger partial charge in [-0.25, -0.2) is 9.78 Å². The molecule has 0 unspecified atom stereocenters. The summed E-state index contributed by atoms with van der Waals surface area (Å²) in [6.45, 7) is 5.43. The topological polar surface area (TPSA) is 114 Å². The minimum absolute atomic E-state index is 0.197. The van der Waals surface area contributed by atoms with Crippen LogP contribution in [0.4, 0.5) is 22.1 Å². The third kappa shape index (κ3) is 5.36. The van der Waals surface area contributed by atoms with Crippen LogP contribution in [-0.2, 0) is 11.2 Å². The Kier molecular flexibility index (Phi) is 5.82. The highest BCUT2D eigenvalue weighted by atomic mass is 16.6. The normalized spacial score (nSPS) is 15.7. The molecule has 2 saturated carbocycles. The van der Waals surface area contributed by atoms with E-state index in [2.05, 4.69) is 20.7 Å². The second-order valence-corrected chi connectivity index (χ2v) is 10.4. The number of hydrogen-bond acceptors (Lipinski definition) is 7. The summed E-state index contributed by atoms with van der Waals surface area (Å²) in [4.78, 5) is 36.4. The second kappa shape index (κ2) is 8.83. The lowest BCUT2D eigenvalue weighted by Crippen LogP contribution is -2.35. The Morgan fingerprint density at radius 1 is 1.23 bits per heavy atom. The predicted octanol–water partition coefficient (Wildman–Crippen LogP) is 4.08. The van der Waals surface area contributed by atoms with Gasteiger partial charge in [0.2, 0.25) is 0 Å². The van der Waals surface area contributed by atoms with Gasteiger partial charge in [0.05, 0.1) is 17.6 Å². The van der Waals surface area contributed by atoms with E-state index < -0.39 is 11.7 Å². The average Bonchev–Trinajstić information content (AvgIpc) is 3.73. The molecule has 0 spiro atoms. The van der Waals surface area contributed by atoms with Crippen molar-refractivity contribution in [3.63, 3.8) is 0 Å². The Bertz CT molecular complexity index is 1270. The molecule has 0 bridgehead atoms. The molecule has 184 valence electrons. The maximum absolute atomic E-state index is 12.9. The van der Waals surface area contributed by atoms with E-state index in [1.165, 1.54) is 28.5 Å². The van der Waals surface area contributed by atoms with Gasteiger partial charge >= 0.3 is 6.09 Å². The van der Waals surface area contributed by atoms with E-state index in [1.54, 1.807) is 19.3 Å². The van der Waals surface area contributed by atoms with Crippen LogP contribution in [0.3, 0.4) is 0 Å². The lowest BCUT2D eigenvalue weighted by atomic mass is 10.1. The zero-order valence-corrected chi connectivity index (χ0v) is 20.5. The van der Waals surface area contributed by atoms with E-state index in [0.29, 0.717) is 28.8 Å². The third-order valence-corrected chi connectivity index (χ3v) is 5.95. The summed E-state index contributed by atoms with van der Waals surface area (Å²) in [7, 11) is 1.61. The van der Waals surface area contributed by atoms with Gasteiger partial charge in [-0.15, -0.1) is 0 Å². The van der Waals surface area contributed by atoms with E-state index in [-0.39, 0.29) is 11.9 Å². The van der Waals surface area contributed by atoms with Crippen LogP contribution in [0.5, 0.6) is 0 Å². The van der Waals surface area contributed by atoms with Gasteiger partial charge in [-0.1, -0.05) is 0 Å². The molecule has 0 aromatic carbocycles. The molecule has 2 aliphatic carbocycles. The van der Waals surface area contributed by atoms with Gasteiger partial charge in [0.15, 0.2) is 5.65 Å². The van der Waals surface area contributed by atoms with Crippen molar-refractivity contribution in [3.05, 3.63) is 41.9 Å². The maximum Gasteiger partial charge on any atom is 0.415 e. The summed E-state index contributed by atoms with van der Waals surface area (Å²) in [5.74, 6) is 1.34. The van der Waals surface area contributed by atoms with Crippen molar-refractivity contribution >= 4 is 35.0 Å². The highest BCUT2D eigenvalue weighted by Gasteiger charge is 2.28. The smallest absolute Gasteiger partial charge is 0.415 e. The van der Waals surface area contributed by atoms with Gasteiger partial charge in [-0.05, 0) is 70.9 Å². The number of anilines is 3. The number of fused-ring (bicyclic) bond motifs is 1. The quantitative estimate of drug-likeness (QED) is 0.527. The standard InChI is InChI=1S/C25H31N7O3/c1-25(2,3)35-24(34)31(4)21-13-20(29-18-6-5-11-26-19(18)12-15-7-8-15)30-22-17(14-27-32(21)22)23(33)28-16-9-10-16/h5-6,11,13-16H,7-10,12H2,1-4H3,(H,28,33)(H,29,30). The Hall–Kier alpha value is -3.69. The first kappa shape index (κ1) is 23.1. The monoisotopic (exact) mass is 477 g/mol. The first-order chi connectivity index (χ1) is 16.7. The number of nitrogens with one attached hydrogen (secondary N) is 2. The molecule has 0 atom stereocenters. The van der Waals surface area contributed by atoms with Crippen molar-refractivity contribution in [1.29, 1.82) is 0 Å². The molecule has 3 aromatic heterocycles. The molecule has 10 heteroatoms. The Morgan fingerprint density at radius 2 is 2.00 bits per heavy atom. The van der Waals surface area contributed by atoms with Gasteiger partial charge in [0, 0.05) is 25.4 Å². The van der Waals surface area contributed by atoms with Crippen molar-refractivity contribution < 1.29 is 14.3 Å². The number of carbonyl (C=O) groups excluding carboxylic acids is 2.